The van der Waals surface area contributed by atoms with Crippen molar-refractivity contribution in [3.05, 3.63) is 0 Å². The second kappa shape index (κ2) is 6.72. The lowest BCUT2D eigenvalue weighted by molar-refractivity contribution is 0.0147. The van der Waals surface area contributed by atoms with Gasteiger partial charge >= 0.3 is 0 Å². The predicted octanol–water partition coefficient (Wildman–Crippen LogP) is 2.05. The molecule has 2 aliphatic rings. The summed E-state index contributed by atoms with van der Waals surface area (Å²) in [5.74, 6) is 0. The van der Waals surface area contributed by atoms with E-state index in [1.165, 1.54) is 51.4 Å². The third-order valence-electron chi connectivity index (χ3n) is 4.49. The molecular weight excluding hydrogens is 212 g/mol. The largest absolute Gasteiger partial charge is 0.377 e. The van der Waals surface area contributed by atoms with Crippen molar-refractivity contribution < 1.29 is 4.74 Å². The quantitative estimate of drug-likeness (QED) is 0.773. The van der Waals surface area contributed by atoms with Crippen molar-refractivity contribution in [2.45, 2.75) is 57.5 Å². The van der Waals surface area contributed by atoms with E-state index in [4.69, 9.17) is 10.5 Å². The van der Waals surface area contributed by atoms with E-state index >= 15 is 0 Å². The van der Waals surface area contributed by atoms with Gasteiger partial charge in [-0.2, -0.15) is 0 Å². The minimum atomic E-state index is 0.382. The summed E-state index contributed by atoms with van der Waals surface area (Å²) >= 11 is 0. The fourth-order valence-corrected chi connectivity index (χ4v) is 3.22. The molecule has 1 aliphatic heterocycles. The molecule has 0 aromatic rings. The van der Waals surface area contributed by atoms with Gasteiger partial charge in [0.1, 0.15) is 0 Å². The molecule has 0 radical (unpaired) electrons. The van der Waals surface area contributed by atoms with Crippen molar-refractivity contribution in [3.63, 3.8) is 0 Å². The van der Waals surface area contributed by atoms with E-state index in [9.17, 15) is 0 Å². The molecule has 1 aliphatic carbocycles. The summed E-state index contributed by atoms with van der Waals surface area (Å²) in [6.45, 7) is 3.89. The second-order valence-electron chi connectivity index (χ2n) is 5.88. The number of ether oxygens (including phenoxy) is 1. The maximum atomic E-state index is 5.99. The molecule has 3 N–H and O–H groups in total. The Labute approximate surface area is 105 Å². The third kappa shape index (κ3) is 3.94. The molecule has 1 unspecified atom stereocenters. The van der Waals surface area contributed by atoms with Gasteiger partial charge in [-0.05, 0) is 44.1 Å². The van der Waals surface area contributed by atoms with Crippen LogP contribution in [0.2, 0.25) is 0 Å². The monoisotopic (exact) mass is 240 g/mol. The molecule has 2 rings (SSSR count). The summed E-state index contributed by atoms with van der Waals surface area (Å²) in [5, 5.41) is 3.61. The van der Waals surface area contributed by atoms with Gasteiger partial charge in [0, 0.05) is 19.7 Å². The molecule has 17 heavy (non-hydrogen) atoms. The third-order valence-corrected chi connectivity index (χ3v) is 4.49. The first-order valence-corrected chi connectivity index (χ1v) is 7.37. The Kier molecular flexibility index (Phi) is 5.26. The second-order valence-corrected chi connectivity index (χ2v) is 5.88. The van der Waals surface area contributed by atoms with Crippen molar-refractivity contribution >= 4 is 0 Å². The summed E-state index contributed by atoms with van der Waals surface area (Å²) in [4.78, 5) is 0. The van der Waals surface area contributed by atoms with E-state index < -0.39 is 0 Å². The normalized spacial score (nSPS) is 29.1. The van der Waals surface area contributed by atoms with Crippen molar-refractivity contribution in [2.75, 3.05) is 26.2 Å². The molecule has 0 aromatic heterocycles. The first kappa shape index (κ1) is 13.3. The Balaban J connectivity index is 1.68. The molecule has 0 amide bonds. The van der Waals surface area contributed by atoms with Crippen molar-refractivity contribution in [2.24, 2.45) is 11.1 Å². The molecule has 1 heterocycles. The fourth-order valence-electron chi connectivity index (χ4n) is 3.22. The van der Waals surface area contributed by atoms with Crippen LogP contribution in [-0.2, 0) is 4.74 Å². The Morgan fingerprint density at radius 2 is 1.94 bits per heavy atom. The number of hydrogen-bond acceptors (Lipinski definition) is 3. The van der Waals surface area contributed by atoms with Gasteiger partial charge in [0.25, 0.3) is 0 Å². The minimum absolute atomic E-state index is 0.382. The lowest BCUT2D eigenvalue weighted by Crippen LogP contribution is -2.44. The van der Waals surface area contributed by atoms with Crippen LogP contribution in [0.1, 0.15) is 51.4 Å². The molecule has 1 atom stereocenters. The van der Waals surface area contributed by atoms with Crippen molar-refractivity contribution in [3.8, 4) is 0 Å². The molecule has 0 bridgehead atoms. The minimum Gasteiger partial charge on any atom is -0.377 e. The molecule has 1 saturated carbocycles. The van der Waals surface area contributed by atoms with E-state index in [-0.39, 0.29) is 0 Å². The number of nitrogens with one attached hydrogen (secondary N) is 1. The van der Waals surface area contributed by atoms with Crippen LogP contribution in [0.4, 0.5) is 0 Å². The number of nitrogens with two attached hydrogens (primary N) is 1. The average Bonchev–Trinajstić information content (AvgIpc) is 2.41. The van der Waals surface area contributed by atoms with Crippen LogP contribution in [-0.4, -0.2) is 32.3 Å². The van der Waals surface area contributed by atoms with Crippen molar-refractivity contribution in [1.29, 1.82) is 0 Å². The van der Waals surface area contributed by atoms with Crippen LogP contribution < -0.4 is 11.1 Å². The molecule has 1 saturated heterocycles. The van der Waals surface area contributed by atoms with Crippen LogP contribution in [0.5, 0.6) is 0 Å². The smallest absolute Gasteiger partial charge is 0.0699 e. The summed E-state index contributed by atoms with van der Waals surface area (Å²) in [6, 6.07) is 0. The van der Waals surface area contributed by atoms with Gasteiger partial charge in [-0.25, -0.2) is 0 Å². The van der Waals surface area contributed by atoms with E-state index in [1.54, 1.807) is 0 Å². The highest BCUT2D eigenvalue weighted by molar-refractivity contribution is 4.86. The summed E-state index contributed by atoms with van der Waals surface area (Å²) in [6.07, 6.45) is 11.0. The van der Waals surface area contributed by atoms with Gasteiger partial charge in [-0.15, -0.1) is 0 Å². The maximum absolute atomic E-state index is 5.99. The van der Waals surface area contributed by atoms with Gasteiger partial charge in [0.15, 0.2) is 0 Å². The number of rotatable bonds is 5. The molecule has 0 spiro atoms. The molecule has 3 nitrogen and oxygen atoms in total. The SMILES string of the molecule is NCC1(CNCC2CCCCO2)CCCCC1. The Bertz CT molecular complexity index is 208. The zero-order valence-electron chi connectivity index (χ0n) is 11.0. The zero-order chi connectivity index (χ0) is 12.0. The van der Waals surface area contributed by atoms with Crippen LogP contribution in [0.15, 0.2) is 0 Å². The molecule has 3 heteroatoms. The molecule has 2 fully saturated rings. The van der Waals surface area contributed by atoms with Gasteiger partial charge in [0.2, 0.25) is 0 Å². The van der Waals surface area contributed by atoms with Crippen molar-refractivity contribution in [1.82, 2.24) is 5.32 Å². The number of hydrogen-bond donors (Lipinski definition) is 2. The summed E-state index contributed by atoms with van der Waals surface area (Å²) in [7, 11) is 0. The average molecular weight is 240 g/mol. The predicted molar refractivity (Wildman–Crippen MR) is 71.0 cm³/mol. The van der Waals surface area contributed by atoms with Gasteiger partial charge in [0.05, 0.1) is 6.10 Å². The van der Waals surface area contributed by atoms with Crippen LogP contribution >= 0.6 is 0 Å². The van der Waals surface area contributed by atoms with Crippen LogP contribution in [0.25, 0.3) is 0 Å². The highest BCUT2D eigenvalue weighted by atomic mass is 16.5. The van der Waals surface area contributed by atoms with E-state index in [2.05, 4.69) is 5.32 Å². The summed E-state index contributed by atoms with van der Waals surface area (Å²) in [5.41, 5.74) is 6.37. The Hall–Kier alpha value is -0.120. The Morgan fingerprint density at radius 1 is 1.12 bits per heavy atom. The summed E-state index contributed by atoms with van der Waals surface area (Å²) < 4.78 is 5.74. The molecular formula is C14H28N2O. The maximum Gasteiger partial charge on any atom is 0.0699 e. The van der Waals surface area contributed by atoms with Crippen LogP contribution in [0, 0.1) is 5.41 Å². The van der Waals surface area contributed by atoms with Gasteiger partial charge < -0.3 is 15.8 Å². The highest BCUT2D eigenvalue weighted by Gasteiger charge is 2.30. The van der Waals surface area contributed by atoms with E-state index in [0.717, 1.165) is 26.2 Å². The molecule has 0 aromatic carbocycles. The van der Waals surface area contributed by atoms with E-state index in [1.807, 2.05) is 0 Å². The van der Waals surface area contributed by atoms with Gasteiger partial charge in [-0.3, -0.25) is 0 Å². The lowest BCUT2D eigenvalue weighted by atomic mass is 9.74. The topological polar surface area (TPSA) is 47.3 Å². The highest BCUT2D eigenvalue weighted by Crippen LogP contribution is 2.34. The van der Waals surface area contributed by atoms with Gasteiger partial charge in [-0.1, -0.05) is 19.3 Å². The lowest BCUT2D eigenvalue weighted by Gasteiger charge is -2.37. The van der Waals surface area contributed by atoms with E-state index in [0.29, 0.717) is 11.5 Å². The fraction of sp³-hybridized carbons (Fsp3) is 1.00. The Morgan fingerprint density at radius 3 is 2.59 bits per heavy atom. The molecule has 100 valence electrons. The first-order chi connectivity index (χ1) is 8.35. The van der Waals surface area contributed by atoms with Crippen LogP contribution in [0.3, 0.4) is 0 Å². The zero-order valence-corrected chi connectivity index (χ0v) is 11.0. The standard InChI is InChI=1S/C14H28N2O/c15-11-14(7-3-1-4-8-14)12-16-10-13-6-2-5-9-17-13/h13,16H,1-12,15H2. The first-order valence-electron chi connectivity index (χ1n) is 7.37.